The van der Waals surface area contributed by atoms with E-state index in [-0.39, 0.29) is 12.5 Å². The summed E-state index contributed by atoms with van der Waals surface area (Å²) in [4.78, 5) is 0.436. The van der Waals surface area contributed by atoms with Crippen LogP contribution in [0.4, 0.5) is 4.39 Å². The van der Waals surface area contributed by atoms with E-state index in [9.17, 15) is 8.60 Å². The topological polar surface area (TPSA) is 61.6 Å². The molecule has 21 heavy (non-hydrogen) atoms. The van der Waals surface area contributed by atoms with Crippen LogP contribution in [0, 0.1) is 5.82 Å². The van der Waals surface area contributed by atoms with Gasteiger partial charge in [0.25, 0.3) is 0 Å². The van der Waals surface area contributed by atoms with Gasteiger partial charge in [-0.3, -0.25) is 4.21 Å². The van der Waals surface area contributed by atoms with Gasteiger partial charge in [-0.25, -0.2) is 4.39 Å². The van der Waals surface area contributed by atoms with E-state index in [1.807, 2.05) is 6.07 Å². The van der Waals surface area contributed by atoms with E-state index >= 15 is 0 Å². The molecule has 1 aliphatic heterocycles. The maximum absolute atomic E-state index is 13.1. The molecular formula is C15H14FNO3S. The van der Waals surface area contributed by atoms with Gasteiger partial charge in [0.05, 0.1) is 10.8 Å². The Labute approximate surface area is 124 Å². The second kappa shape index (κ2) is 5.83. The first-order chi connectivity index (χ1) is 10.1. The van der Waals surface area contributed by atoms with Crippen molar-refractivity contribution >= 4 is 10.8 Å². The molecule has 1 heterocycles. The molecule has 0 aromatic heterocycles. The van der Waals surface area contributed by atoms with Gasteiger partial charge in [-0.2, -0.15) is 0 Å². The van der Waals surface area contributed by atoms with Crippen molar-refractivity contribution in [1.29, 1.82) is 0 Å². The highest BCUT2D eigenvalue weighted by Crippen LogP contribution is 2.34. The monoisotopic (exact) mass is 307 g/mol. The highest BCUT2D eigenvalue weighted by molar-refractivity contribution is 7.85. The Morgan fingerprint density at radius 2 is 2.00 bits per heavy atom. The molecule has 0 radical (unpaired) electrons. The molecule has 4 nitrogen and oxygen atoms in total. The van der Waals surface area contributed by atoms with E-state index in [4.69, 9.17) is 15.2 Å². The molecular weight excluding hydrogens is 293 g/mol. The molecule has 2 aromatic carbocycles. The summed E-state index contributed by atoms with van der Waals surface area (Å²) >= 11 is 0. The molecule has 0 fully saturated rings. The molecule has 110 valence electrons. The number of ether oxygens (including phenoxy) is 2. The summed E-state index contributed by atoms with van der Waals surface area (Å²) in [6.45, 7) is 0.198. The first-order valence-electron chi connectivity index (χ1n) is 6.42. The minimum absolute atomic E-state index is 0.198. The molecule has 1 aliphatic rings. The van der Waals surface area contributed by atoms with Crippen molar-refractivity contribution in [3.63, 3.8) is 0 Å². The lowest BCUT2D eigenvalue weighted by Gasteiger charge is -2.12. The maximum Gasteiger partial charge on any atom is 0.231 e. The van der Waals surface area contributed by atoms with Crippen molar-refractivity contribution in [2.24, 2.45) is 5.73 Å². The highest BCUT2D eigenvalue weighted by atomic mass is 32.2. The summed E-state index contributed by atoms with van der Waals surface area (Å²) in [5, 5.41) is 0. The molecule has 0 amide bonds. The Morgan fingerprint density at radius 3 is 2.81 bits per heavy atom. The van der Waals surface area contributed by atoms with Crippen LogP contribution in [0.1, 0.15) is 11.6 Å². The fourth-order valence-corrected chi connectivity index (χ4v) is 3.29. The number of hydrogen-bond acceptors (Lipinski definition) is 4. The van der Waals surface area contributed by atoms with Crippen molar-refractivity contribution in [3.05, 3.63) is 53.8 Å². The molecule has 2 aromatic rings. The Morgan fingerprint density at radius 1 is 1.19 bits per heavy atom. The zero-order valence-electron chi connectivity index (χ0n) is 11.1. The maximum atomic E-state index is 13.1. The summed E-state index contributed by atoms with van der Waals surface area (Å²) in [6, 6.07) is 10.7. The average Bonchev–Trinajstić information content (AvgIpc) is 2.94. The van der Waals surface area contributed by atoms with E-state index in [2.05, 4.69) is 0 Å². The van der Waals surface area contributed by atoms with Gasteiger partial charge in [-0.05, 0) is 35.9 Å². The smallest absolute Gasteiger partial charge is 0.231 e. The third kappa shape index (κ3) is 3.06. The molecule has 0 saturated carbocycles. The van der Waals surface area contributed by atoms with Crippen LogP contribution in [-0.2, 0) is 10.8 Å². The van der Waals surface area contributed by atoms with Gasteiger partial charge in [0, 0.05) is 16.7 Å². The summed E-state index contributed by atoms with van der Waals surface area (Å²) in [5.41, 5.74) is 6.89. The number of nitrogens with two attached hydrogens (primary N) is 1. The molecule has 2 N–H and O–H groups in total. The van der Waals surface area contributed by atoms with Crippen molar-refractivity contribution in [3.8, 4) is 11.5 Å². The first-order valence-corrected chi connectivity index (χ1v) is 7.74. The normalized spacial score (nSPS) is 15.7. The predicted molar refractivity (Wildman–Crippen MR) is 77.2 cm³/mol. The second-order valence-corrected chi connectivity index (χ2v) is 6.18. The van der Waals surface area contributed by atoms with Crippen LogP contribution < -0.4 is 15.2 Å². The van der Waals surface area contributed by atoms with Gasteiger partial charge in [0.15, 0.2) is 11.5 Å². The molecule has 0 spiro atoms. The fraction of sp³-hybridized carbons (Fsp3) is 0.200. The van der Waals surface area contributed by atoms with Crippen molar-refractivity contribution in [1.82, 2.24) is 0 Å². The summed E-state index contributed by atoms with van der Waals surface area (Å²) in [6.07, 6.45) is 0. The lowest BCUT2D eigenvalue weighted by molar-refractivity contribution is 0.174. The van der Waals surface area contributed by atoms with E-state index in [0.717, 1.165) is 5.56 Å². The van der Waals surface area contributed by atoms with Crippen LogP contribution in [0.15, 0.2) is 47.4 Å². The van der Waals surface area contributed by atoms with Gasteiger partial charge in [0.2, 0.25) is 6.79 Å². The van der Waals surface area contributed by atoms with Crippen LogP contribution in [0.25, 0.3) is 0 Å². The third-order valence-electron chi connectivity index (χ3n) is 3.21. The second-order valence-electron chi connectivity index (χ2n) is 4.69. The zero-order chi connectivity index (χ0) is 14.8. The number of benzene rings is 2. The van der Waals surface area contributed by atoms with E-state index in [1.165, 1.54) is 18.2 Å². The molecule has 6 heteroatoms. The number of halogens is 1. The van der Waals surface area contributed by atoms with Crippen LogP contribution in [0.2, 0.25) is 0 Å². The number of fused-ring (bicyclic) bond motifs is 1. The summed E-state index contributed by atoms with van der Waals surface area (Å²) in [5.74, 6) is 1.12. The van der Waals surface area contributed by atoms with E-state index in [1.54, 1.807) is 18.2 Å². The van der Waals surface area contributed by atoms with Crippen LogP contribution >= 0.6 is 0 Å². The van der Waals surface area contributed by atoms with Gasteiger partial charge in [-0.1, -0.05) is 12.1 Å². The minimum atomic E-state index is -1.36. The Hall–Kier alpha value is -1.92. The van der Waals surface area contributed by atoms with Gasteiger partial charge in [0.1, 0.15) is 5.82 Å². The molecule has 0 saturated heterocycles. The van der Waals surface area contributed by atoms with Gasteiger partial charge >= 0.3 is 0 Å². The van der Waals surface area contributed by atoms with Crippen LogP contribution in [-0.4, -0.2) is 16.8 Å². The SMILES string of the molecule is NC(CS(=O)c1cccc(F)c1)c1ccc2c(c1)OCO2. The largest absolute Gasteiger partial charge is 0.454 e. The Balaban J connectivity index is 1.74. The standard InChI is InChI=1S/C15H14FNO3S/c16-11-2-1-3-12(7-11)21(18)8-13(17)10-4-5-14-15(6-10)20-9-19-14/h1-7,13H,8-9,17H2. The Bertz CT molecular complexity index is 692. The van der Waals surface area contributed by atoms with Gasteiger partial charge in [-0.15, -0.1) is 0 Å². The van der Waals surface area contributed by atoms with Crippen molar-refractivity contribution in [2.45, 2.75) is 10.9 Å². The molecule has 2 atom stereocenters. The number of rotatable bonds is 4. The summed E-state index contributed by atoms with van der Waals surface area (Å²) in [7, 11) is -1.36. The number of hydrogen-bond donors (Lipinski definition) is 1. The highest BCUT2D eigenvalue weighted by Gasteiger charge is 2.18. The minimum Gasteiger partial charge on any atom is -0.454 e. The van der Waals surface area contributed by atoms with E-state index in [0.29, 0.717) is 16.4 Å². The zero-order valence-corrected chi connectivity index (χ0v) is 11.9. The average molecular weight is 307 g/mol. The first kappa shape index (κ1) is 14.0. The lowest BCUT2D eigenvalue weighted by Crippen LogP contribution is -2.18. The molecule has 3 rings (SSSR count). The predicted octanol–water partition coefficient (Wildman–Crippen LogP) is 2.36. The van der Waals surface area contributed by atoms with Crippen LogP contribution in [0.5, 0.6) is 11.5 Å². The van der Waals surface area contributed by atoms with Crippen molar-refractivity contribution in [2.75, 3.05) is 12.5 Å². The molecule has 2 unspecified atom stereocenters. The van der Waals surface area contributed by atoms with Crippen molar-refractivity contribution < 1.29 is 18.1 Å². The molecule has 0 bridgehead atoms. The third-order valence-corrected chi connectivity index (χ3v) is 4.66. The molecule has 0 aliphatic carbocycles. The fourth-order valence-electron chi connectivity index (χ4n) is 2.11. The van der Waals surface area contributed by atoms with Crippen LogP contribution in [0.3, 0.4) is 0 Å². The quantitative estimate of drug-likeness (QED) is 0.942. The summed E-state index contributed by atoms with van der Waals surface area (Å²) < 4.78 is 35.9. The Kier molecular flexibility index (Phi) is 3.90. The lowest BCUT2D eigenvalue weighted by atomic mass is 10.1. The van der Waals surface area contributed by atoms with Gasteiger partial charge < -0.3 is 15.2 Å². The van der Waals surface area contributed by atoms with E-state index < -0.39 is 22.7 Å².